The van der Waals surface area contributed by atoms with Crippen LogP contribution in [-0.2, 0) is 13.6 Å². The molecule has 2 N–H and O–H groups in total. The number of nitrogens with zero attached hydrogens (tertiary/aromatic N) is 4. The first-order valence-electron chi connectivity index (χ1n) is 9.88. The van der Waals surface area contributed by atoms with Crippen LogP contribution in [0.25, 0.3) is 0 Å². The van der Waals surface area contributed by atoms with Crippen molar-refractivity contribution in [1.29, 1.82) is 0 Å². The maximum atomic E-state index is 13.8. The zero-order valence-electron chi connectivity index (χ0n) is 17.4. The first-order chi connectivity index (χ1) is 14.6. The first kappa shape index (κ1) is 21.0. The second kappa shape index (κ2) is 7.75. The Balaban J connectivity index is 1.58. The largest absolute Gasteiger partial charge is 0.410 e. The van der Waals surface area contributed by atoms with Gasteiger partial charge in [0.15, 0.2) is 11.7 Å². The van der Waals surface area contributed by atoms with Gasteiger partial charge in [0.2, 0.25) is 0 Å². The number of benzene rings is 1. The molecular formula is C21H23F3N6O. The number of fused-ring (bicyclic) bond motifs is 1. The Kier molecular flexibility index (Phi) is 5.24. The second-order valence-corrected chi connectivity index (χ2v) is 7.86. The molecule has 164 valence electrons. The minimum Gasteiger partial charge on any atom is -0.363 e. The van der Waals surface area contributed by atoms with Crippen LogP contribution in [0, 0.1) is 13.8 Å². The Hall–Kier alpha value is -3.30. The summed E-state index contributed by atoms with van der Waals surface area (Å²) >= 11 is 0. The van der Waals surface area contributed by atoms with Crippen molar-refractivity contribution in [3.63, 3.8) is 0 Å². The van der Waals surface area contributed by atoms with E-state index < -0.39 is 24.2 Å². The molecule has 2 atom stereocenters. The summed E-state index contributed by atoms with van der Waals surface area (Å²) in [5, 5.41) is 14.0. The lowest BCUT2D eigenvalue weighted by molar-refractivity contribution is -0.173. The minimum absolute atomic E-state index is 0.0668. The number of aryl methyl sites for hydroxylation is 3. The van der Waals surface area contributed by atoms with Crippen molar-refractivity contribution in [2.75, 3.05) is 5.32 Å². The summed E-state index contributed by atoms with van der Waals surface area (Å²) < 4.78 is 43.9. The number of halogens is 3. The number of carbonyl (C=O) groups excluding carboxylic acids is 1. The predicted molar refractivity (Wildman–Crippen MR) is 109 cm³/mol. The summed E-state index contributed by atoms with van der Waals surface area (Å²) in [6.45, 7) is 3.95. The number of hydrogen-bond acceptors (Lipinski definition) is 4. The molecule has 0 unspecified atom stereocenters. The molecule has 2 aromatic heterocycles. The van der Waals surface area contributed by atoms with Gasteiger partial charge in [0.05, 0.1) is 11.7 Å². The third kappa shape index (κ3) is 4.28. The van der Waals surface area contributed by atoms with Crippen LogP contribution in [0.4, 0.5) is 19.0 Å². The van der Waals surface area contributed by atoms with Crippen molar-refractivity contribution in [3.05, 3.63) is 64.6 Å². The maximum Gasteiger partial charge on any atom is 0.410 e. The highest BCUT2D eigenvalue weighted by Gasteiger charge is 2.46. The average molecular weight is 432 g/mol. The number of amides is 1. The minimum atomic E-state index is -4.49. The van der Waals surface area contributed by atoms with E-state index in [-0.39, 0.29) is 24.5 Å². The number of hydrogen-bond donors (Lipinski definition) is 2. The first-order valence-corrected chi connectivity index (χ1v) is 9.88. The summed E-state index contributed by atoms with van der Waals surface area (Å²) in [7, 11) is 1.77. The summed E-state index contributed by atoms with van der Waals surface area (Å²) in [6.07, 6.45) is -2.93. The van der Waals surface area contributed by atoms with E-state index in [0.29, 0.717) is 0 Å². The van der Waals surface area contributed by atoms with Crippen molar-refractivity contribution in [2.45, 2.75) is 45.1 Å². The van der Waals surface area contributed by atoms with Crippen molar-refractivity contribution in [1.82, 2.24) is 24.9 Å². The highest BCUT2D eigenvalue weighted by molar-refractivity contribution is 5.93. The number of alkyl halides is 3. The molecule has 0 spiro atoms. The fourth-order valence-corrected chi connectivity index (χ4v) is 3.79. The van der Waals surface area contributed by atoms with Gasteiger partial charge in [0, 0.05) is 37.8 Å². The molecule has 4 rings (SSSR count). The molecule has 0 radical (unpaired) electrons. The molecule has 1 aromatic carbocycles. The van der Waals surface area contributed by atoms with Crippen molar-refractivity contribution < 1.29 is 18.0 Å². The van der Waals surface area contributed by atoms with E-state index in [2.05, 4.69) is 20.8 Å². The highest BCUT2D eigenvalue weighted by atomic mass is 19.4. The fraction of sp³-hybridized carbons (Fsp3) is 0.381. The Morgan fingerprint density at radius 1 is 1.23 bits per heavy atom. The quantitative estimate of drug-likeness (QED) is 0.657. The van der Waals surface area contributed by atoms with Gasteiger partial charge in [-0.2, -0.15) is 23.4 Å². The average Bonchev–Trinajstić information content (AvgIpc) is 3.27. The van der Waals surface area contributed by atoms with Gasteiger partial charge in [-0.05, 0) is 19.4 Å². The Bertz CT molecular complexity index is 1100. The summed E-state index contributed by atoms with van der Waals surface area (Å²) in [5.41, 5.74) is 3.31. The van der Waals surface area contributed by atoms with E-state index in [1.54, 1.807) is 17.9 Å². The van der Waals surface area contributed by atoms with E-state index in [1.165, 1.54) is 6.07 Å². The summed E-state index contributed by atoms with van der Waals surface area (Å²) in [4.78, 5) is 12.6. The maximum absolute atomic E-state index is 13.8. The molecule has 10 heteroatoms. The van der Waals surface area contributed by atoms with Gasteiger partial charge in [-0.25, -0.2) is 4.68 Å². The van der Waals surface area contributed by atoms with Gasteiger partial charge in [0.1, 0.15) is 5.82 Å². The molecule has 3 heterocycles. The van der Waals surface area contributed by atoms with E-state index in [0.717, 1.165) is 27.1 Å². The normalized spacial score (nSPS) is 18.4. The van der Waals surface area contributed by atoms with E-state index in [1.807, 2.05) is 38.1 Å². The zero-order chi connectivity index (χ0) is 22.3. The zero-order valence-corrected chi connectivity index (χ0v) is 17.4. The van der Waals surface area contributed by atoms with Crippen LogP contribution in [-0.4, -0.2) is 31.6 Å². The van der Waals surface area contributed by atoms with Gasteiger partial charge in [-0.15, -0.1) is 0 Å². The molecule has 0 saturated heterocycles. The molecule has 7 nitrogen and oxygen atoms in total. The predicted octanol–water partition coefficient (Wildman–Crippen LogP) is 3.82. The lowest BCUT2D eigenvalue weighted by atomic mass is 9.96. The number of carbonyl (C=O) groups is 1. The molecule has 1 amide bonds. The summed E-state index contributed by atoms with van der Waals surface area (Å²) in [6, 6.07) is 6.37. The lowest BCUT2D eigenvalue weighted by Crippen LogP contribution is -2.35. The Morgan fingerprint density at radius 3 is 2.55 bits per heavy atom. The van der Waals surface area contributed by atoms with E-state index >= 15 is 0 Å². The van der Waals surface area contributed by atoms with E-state index in [4.69, 9.17) is 0 Å². The van der Waals surface area contributed by atoms with Crippen LogP contribution in [0.2, 0.25) is 0 Å². The van der Waals surface area contributed by atoms with Gasteiger partial charge < -0.3 is 10.6 Å². The lowest BCUT2D eigenvalue weighted by Gasteiger charge is -2.33. The van der Waals surface area contributed by atoms with Gasteiger partial charge in [-0.3, -0.25) is 9.48 Å². The van der Waals surface area contributed by atoms with Crippen LogP contribution < -0.4 is 10.6 Å². The van der Waals surface area contributed by atoms with Gasteiger partial charge in [-0.1, -0.05) is 29.8 Å². The molecule has 31 heavy (non-hydrogen) atoms. The molecule has 1 aliphatic rings. The fourth-order valence-electron chi connectivity index (χ4n) is 3.79. The monoisotopic (exact) mass is 432 g/mol. The van der Waals surface area contributed by atoms with Crippen LogP contribution in [0.5, 0.6) is 0 Å². The topological polar surface area (TPSA) is 76.8 Å². The van der Waals surface area contributed by atoms with Crippen molar-refractivity contribution >= 4 is 11.7 Å². The van der Waals surface area contributed by atoms with Crippen LogP contribution in [0.15, 0.2) is 36.5 Å². The molecule has 0 fully saturated rings. The van der Waals surface area contributed by atoms with Crippen LogP contribution in [0.1, 0.15) is 51.4 Å². The Morgan fingerprint density at radius 2 is 1.94 bits per heavy atom. The highest BCUT2D eigenvalue weighted by Crippen LogP contribution is 2.43. The van der Waals surface area contributed by atoms with Crippen LogP contribution >= 0.6 is 0 Å². The number of rotatable bonds is 4. The molecule has 1 aliphatic heterocycles. The third-order valence-electron chi connectivity index (χ3n) is 5.46. The molecule has 0 saturated carbocycles. The third-order valence-corrected chi connectivity index (χ3v) is 5.46. The van der Waals surface area contributed by atoms with Crippen molar-refractivity contribution in [2.24, 2.45) is 7.05 Å². The number of anilines is 1. The second-order valence-electron chi connectivity index (χ2n) is 7.86. The standard InChI is InChI=1S/C21H23F3N6O/c1-12-4-6-14(7-5-12)16-8-18(21(22,23)24)30-19(26-16)9-17(28-30)20(31)25-10-15-11-29(3)27-13(15)2/h4-7,9,11,16,18,26H,8,10H2,1-3H3,(H,25,31)/t16-,18-/m1/s1. The number of aromatic nitrogens is 4. The molecule has 0 aliphatic carbocycles. The number of nitrogens with one attached hydrogen (secondary N) is 2. The Labute approximate surface area is 177 Å². The molecule has 0 bridgehead atoms. The SMILES string of the molecule is Cc1ccc([C@H]2C[C@H](C(F)(F)F)n3nc(C(=O)NCc4cn(C)nc4C)cc3N2)cc1. The van der Waals surface area contributed by atoms with Gasteiger partial charge >= 0.3 is 6.18 Å². The van der Waals surface area contributed by atoms with Crippen LogP contribution in [0.3, 0.4) is 0 Å². The van der Waals surface area contributed by atoms with Crippen molar-refractivity contribution in [3.8, 4) is 0 Å². The molecule has 3 aromatic rings. The van der Waals surface area contributed by atoms with E-state index in [9.17, 15) is 18.0 Å². The van der Waals surface area contributed by atoms with Gasteiger partial charge in [0.25, 0.3) is 5.91 Å². The smallest absolute Gasteiger partial charge is 0.363 e. The summed E-state index contributed by atoms with van der Waals surface area (Å²) in [5.74, 6) is -0.373. The molecular weight excluding hydrogens is 409 g/mol.